The van der Waals surface area contributed by atoms with Crippen molar-refractivity contribution in [3.8, 4) is 0 Å². The molecule has 0 aliphatic heterocycles. The molecule has 1 aromatic carbocycles. The minimum Gasteiger partial charge on any atom is -0.335 e. The lowest BCUT2D eigenvalue weighted by molar-refractivity contribution is 0.244. The number of nitrogens with one attached hydrogen (secondary N) is 2. The summed E-state index contributed by atoms with van der Waals surface area (Å²) < 4.78 is 0. The zero-order valence-corrected chi connectivity index (χ0v) is 11.4. The molecule has 1 aliphatic rings. The van der Waals surface area contributed by atoms with Gasteiger partial charge in [0.1, 0.15) is 0 Å². The van der Waals surface area contributed by atoms with Gasteiger partial charge in [0.05, 0.1) is 11.2 Å². The van der Waals surface area contributed by atoms with Crippen LogP contribution in [0.1, 0.15) is 32.1 Å². The first-order valence-corrected chi connectivity index (χ1v) is 7.24. The second-order valence-corrected chi connectivity index (χ2v) is 5.31. The fourth-order valence-electron chi connectivity index (χ4n) is 2.80. The Hall–Kier alpha value is -2.10. The van der Waals surface area contributed by atoms with Gasteiger partial charge in [-0.3, -0.25) is 4.98 Å². The number of carbonyl (C=O) groups excluding carboxylic acids is 1. The molecule has 0 spiro atoms. The lowest BCUT2D eigenvalue weighted by atomic mass is 9.96. The lowest BCUT2D eigenvalue weighted by Gasteiger charge is -2.23. The topological polar surface area (TPSA) is 54.0 Å². The van der Waals surface area contributed by atoms with E-state index in [1.54, 1.807) is 6.20 Å². The van der Waals surface area contributed by atoms with E-state index in [2.05, 4.69) is 15.6 Å². The van der Waals surface area contributed by atoms with Gasteiger partial charge in [-0.25, -0.2) is 4.79 Å². The number of hydrogen-bond acceptors (Lipinski definition) is 2. The number of carbonyl (C=O) groups is 1. The number of nitrogens with zero attached hydrogens (tertiary/aromatic N) is 1. The summed E-state index contributed by atoms with van der Waals surface area (Å²) in [4.78, 5) is 16.4. The van der Waals surface area contributed by atoms with Crippen LogP contribution in [0.3, 0.4) is 0 Å². The van der Waals surface area contributed by atoms with Crippen LogP contribution in [0.15, 0.2) is 36.5 Å². The Morgan fingerprint density at radius 3 is 2.75 bits per heavy atom. The van der Waals surface area contributed by atoms with Gasteiger partial charge in [0.2, 0.25) is 0 Å². The summed E-state index contributed by atoms with van der Waals surface area (Å²) in [6, 6.07) is 9.85. The number of para-hydroxylation sites is 1. The van der Waals surface area contributed by atoms with Gasteiger partial charge in [-0.2, -0.15) is 0 Å². The van der Waals surface area contributed by atoms with E-state index in [-0.39, 0.29) is 6.03 Å². The molecule has 0 radical (unpaired) electrons. The lowest BCUT2D eigenvalue weighted by Crippen LogP contribution is -2.39. The average molecular weight is 269 g/mol. The average Bonchev–Trinajstić information content (AvgIpc) is 2.48. The Bertz CT molecular complexity index is 600. The maximum atomic E-state index is 12.1. The van der Waals surface area contributed by atoms with E-state index in [1.807, 2.05) is 30.3 Å². The molecular formula is C16H19N3O. The number of anilines is 1. The van der Waals surface area contributed by atoms with E-state index in [9.17, 15) is 4.79 Å². The Morgan fingerprint density at radius 2 is 1.90 bits per heavy atom. The van der Waals surface area contributed by atoms with Crippen molar-refractivity contribution >= 4 is 22.6 Å². The number of amides is 2. The number of aromatic nitrogens is 1. The van der Waals surface area contributed by atoms with Crippen LogP contribution in [-0.4, -0.2) is 17.1 Å². The second kappa shape index (κ2) is 5.90. The van der Waals surface area contributed by atoms with Gasteiger partial charge in [-0.15, -0.1) is 0 Å². The molecule has 2 N–H and O–H groups in total. The summed E-state index contributed by atoms with van der Waals surface area (Å²) in [5.74, 6) is 0. The second-order valence-electron chi connectivity index (χ2n) is 5.31. The van der Waals surface area contributed by atoms with E-state index in [0.717, 1.165) is 29.4 Å². The van der Waals surface area contributed by atoms with Crippen molar-refractivity contribution in [2.45, 2.75) is 38.1 Å². The van der Waals surface area contributed by atoms with Crippen LogP contribution in [0.2, 0.25) is 0 Å². The highest BCUT2D eigenvalue weighted by atomic mass is 16.2. The molecule has 4 heteroatoms. The Labute approximate surface area is 118 Å². The number of rotatable bonds is 2. The third kappa shape index (κ3) is 2.90. The molecule has 0 atom stereocenters. The Kier molecular flexibility index (Phi) is 3.81. The molecule has 0 saturated heterocycles. The third-order valence-corrected chi connectivity index (χ3v) is 3.84. The number of urea groups is 1. The quantitative estimate of drug-likeness (QED) is 0.873. The molecule has 1 aromatic heterocycles. The first kappa shape index (κ1) is 12.9. The molecular weight excluding hydrogens is 250 g/mol. The van der Waals surface area contributed by atoms with Crippen LogP contribution < -0.4 is 10.6 Å². The zero-order valence-electron chi connectivity index (χ0n) is 11.4. The molecule has 0 unspecified atom stereocenters. The molecule has 2 aromatic rings. The molecule has 4 nitrogen and oxygen atoms in total. The summed E-state index contributed by atoms with van der Waals surface area (Å²) in [7, 11) is 0. The molecule has 104 valence electrons. The number of fused-ring (bicyclic) bond motifs is 1. The van der Waals surface area contributed by atoms with Crippen molar-refractivity contribution in [2.75, 3.05) is 5.32 Å². The van der Waals surface area contributed by atoms with Crippen molar-refractivity contribution in [2.24, 2.45) is 0 Å². The number of benzene rings is 1. The molecule has 1 saturated carbocycles. The van der Waals surface area contributed by atoms with Crippen LogP contribution in [-0.2, 0) is 0 Å². The van der Waals surface area contributed by atoms with Gasteiger partial charge >= 0.3 is 6.03 Å². The molecule has 0 bridgehead atoms. The monoisotopic (exact) mass is 269 g/mol. The van der Waals surface area contributed by atoms with Gasteiger partial charge in [0.25, 0.3) is 0 Å². The maximum Gasteiger partial charge on any atom is 0.319 e. The smallest absolute Gasteiger partial charge is 0.319 e. The number of pyridine rings is 1. The number of hydrogen-bond donors (Lipinski definition) is 2. The van der Waals surface area contributed by atoms with Gasteiger partial charge in [-0.1, -0.05) is 37.5 Å². The predicted molar refractivity (Wildman–Crippen MR) is 80.8 cm³/mol. The first-order chi connectivity index (χ1) is 9.83. The predicted octanol–water partition coefficient (Wildman–Crippen LogP) is 3.69. The maximum absolute atomic E-state index is 12.1. The normalized spacial score (nSPS) is 16.0. The Balaban J connectivity index is 1.71. The molecule has 1 heterocycles. The molecule has 2 amide bonds. The summed E-state index contributed by atoms with van der Waals surface area (Å²) >= 11 is 0. The summed E-state index contributed by atoms with van der Waals surface area (Å²) in [5, 5.41) is 6.97. The molecule has 20 heavy (non-hydrogen) atoms. The summed E-state index contributed by atoms with van der Waals surface area (Å²) in [5.41, 5.74) is 1.70. The fraction of sp³-hybridized carbons (Fsp3) is 0.375. The van der Waals surface area contributed by atoms with E-state index in [1.165, 1.54) is 19.3 Å². The van der Waals surface area contributed by atoms with Crippen LogP contribution in [0, 0.1) is 0 Å². The Morgan fingerprint density at radius 1 is 1.10 bits per heavy atom. The fourth-order valence-corrected chi connectivity index (χ4v) is 2.80. The highest BCUT2D eigenvalue weighted by molar-refractivity contribution is 6.00. The zero-order chi connectivity index (χ0) is 13.8. The first-order valence-electron chi connectivity index (χ1n) is 7.24. The van der Waals surface area contributed by atoms with E-state index < -0.39 is 0 Å². The van der Waals surface area contributed by atoms with Crippen molar-refractivity contribution in [3.05, 3.63) is 36.5 Å². The highest BCUT2D eigenvalue weighted by Gasteiger charge is 2.15. The SMILES string of the molecule is O=C(Nc1ccnc2ccccc12)NC1CCCCC1. The summed E-state index contributed by atoms with van der Waals surface area (Å²) in [6.07, 6.45) is 7.61. The van der Waals surface area contributed by atoms with Crippen molar-refractivity contribution in [1.82, 2.24) is 10.3 Å². The molecule has 1 fully saturated rings. The van der Waals surface area contributed by atoms with E-state index in [0.29, 0.717) is 6.04 Å². The molecule has 3 rings (SSSR count). The largest absolute Gasteiger partial charge is 0.335 e. The third-order valence-electron chi connectivity index (χ3n) is 3.84. The van der Waals surface area contributed by atoms with Crippen LogP contribution in [0.5, 0.6) is 0 Å². The molecule has 1 aliphatic carbocycles. The van der Waals surface area contributed by atoms with Gasteiger partial charge in [-0.05, 0) is 25.0 Å². The highest BCUT2D eigenvalue weighted by Crippen LogP contribution is 2.21. The van der Waals surface area contributed by atoms with Crippen LogP contribution in [0.4, 0.5) is 10.5 Å². The van der Waals surface area contributed by atoms with Gasteiger partial charge in [0.15, 0.2) is 0 Å². The van der Waals surface area contributed by atoms with Crippen molar-refractivity contribution < 1.29 is 4.79 Å². The summed E-state index contributed by atoms with van der Waals surface area (Å²) in [6.45, 7) is 0. The van der Waals surface area contributed by atoms with Crippen molar-refractivity contribution in [3.63, 3.8) is 0 Å². The minimum atomic E-state index is -0.117. The van der Waals surface area contributed by atoms with Gasteiger partial charge < -0.3 is 10.6 Å². The minimum absolute atomic E-state index is 0.117. The van der Waals surface area contributed by atoms with Gasteiger partial charge in [0, 0.05) is 17.6 Å². The van der Waals surface area contributed by atoms with E-state index >= 15 is 0 Å². The van der Waals surface area contributed by atoms with E-state index in [4.69, 9.17) is 0 Å². The standard InChI is InChI=1S/C16H19N3O/c20-16(18-12-6-2-1-3-7-12)19-15-10-11-17-14-9-5-4-8-13(14)15/h4-5,8-12H,1-3,6-7H2,(H2,17,18,19,20). The van der Waals surface area contributed by atoms with Crippen molar-refractivity contribution in [1.29, 1.82) is 0 Å². The van der Waals surface area contributed by atoms with Crippen LogP contribution in [0.25, 0.3) is 10.9 Å². The van der Waals surface area contributed by atoms with Crippen LogP contribution >= 0.6 is 0 Å².